The SMILES string of the molecule is COC(=N)N1CCC(C2N=Nc3cc(Cl)ccc32)CC1. The highest BCUT2D eigenvalue weighted by Crippen LogP contribution is 2.44. The van der Waals surface area contributed by atoms with E-state index in [4.69, 9.17) is 21.7 Å². The molecule has 1 N–H and O–H groups in total. The Morgan fingerprint density at radius 2 is 2.15 bits per heavy atom. The molecule has 1 fully saturated rings. The predicted octanol–water partition coefficient (Wildman–Crippen LogP) is 3.77. The first-order valence-corrected chi connectivity index (χ1v) is 7.14. The maximum Gasteiger partial charge on any atom is 0.284 e. The van der Waals surface area contributed by atoms with Crippen molar-refractivity contribution in [1.82, 2.24) is 4.90 Å². The highest BCUT2D eigenvalue weighted by Gasteiger charge is 2.32. The summed E-state index contributed by atoms with van der Waals surface area (Å²) < 4.78 is 4.97. The second kappa shape index (κ2) is 5.40. The molecule has 2 aliphatic heterocycles. The van der Waals surface area contributed by atoms with Gasteiger partial charge in [-0.2, -0.15) is 10.2 Å². The van der Waals surface area contributed by atoms with Crippen LogP contribution in [0.2, 0.25) is 5.02 Å². The fourth-order valence-corrected chi connectivity index (χ4v) is 3.10. The minimum Gasteiger partial charge on any atom is -0.469 e. The van der Waals surface area contributed by atoms with E-state index in [0.717, 1.165) is 31.6 Å². The van der Waals surface area contributed by atoms with E-state index in [1.165, 1.54) is 5.56 Å². The molecule has 1 aromatic carbocycles. The standard InChI is InChI=1S/C14H17ClN4O/c1-20-14(16)19-6-4-9(5-7-19)13-11-3-2-10(15)8-12(11)17-18-13/h2-3,8-9,13,16H,4-7H2,1H3. The Labute approximate surface area is 123 Å². The molecule has 0 saturated carbocycles. The summed E-state index contributed by atoms with van der Waals surface area (Å²) in [6.45, 7) is 1.68. The van der Waals surface area contributed by atoms with Crippen molar-refractivity contribution < 1.29 is 4.74 Å². The summed E-state index contributed by atoms with van der Waals surface area (Å²) in [5, 5.41) is 17.1. The highest BCUT2D eigenvalue weighted by molar-refractivity contribution is 6.30. The molecular weight excluding hydrogens is 276 g/mol. The molecule has 0 aliphatic carbocycles. The van der Waals surface area contributed by atoms with Crippen LogP contribution in [-0.2, 0) is 4.74 Å². The fraction of sp³-hybridized carbons (Fsp3) is 0.500. The molecule has 106 valence electrons. The van der Waals surface area contributed by atoms with Gasteiger partial charge in [0, 0.05) is 23.7 Å². The number of nitrogens with zero attached hydrogens (tertiary/aromatic N) is 3. The van der Waals surface area contributed by atoms with Gasteiger partial charge in [0.2, 0.25) is 0 Å². The van der Waals surface area contributed by atoms with Crippen molar-refractivity contribution in [3.8, 4) is 0 Å². The monoisotopic (exact) mass is 292 g/mol. The first-order chi connectivity index (χ1) is 9.69. The van der Waals surface area contributed by atoms with Crippen LogP contribution in [0.1, 0.15) is 24.4 Å². The summed E-state index contributed by atoms with van der Waals surface area (Å²) in [6, 6.07) is 6.20. The van der Waals surface area contributed by atoms with Crippen LogP contribution in [-0.4, -0.2) is 31.1 Å². The van der Waals surface area contributed by atoms with Crippen molar-refractivity contribution in [1.29, 1.82) is 5.41 Å². The number of ether oxygens (including phenoxy) is 1. The minimum atomic E-state index is 0.140. The van der Waals surface area contributed by atoms with Crippen molar-refractivity contribution in [3.05, 3.63) is 28.8 Å². The number of piperidine rings is 1. The summed E-state index contributed by atoms with van der Waals surface area (Å²) in [7, 11) is 1.54. The van der Waals surface area contributed by atoms with Gasteiger partial charge < -0.3 is 9.64 Å². The van der Waals surface area contributed by atoms with Gasteiger partial charge in [0.1, 0.15) is 6.04 Å². The van der Waals surface area contributed by atoms with Gasteiger partial charge in [0.05, 0.1) is 12.8 Å². The van der Waals surface area contributed by atoms with Gasteiger partial charge >= 0.3 is 0 Å². The van der Waals surface area contributed by atoms with E-state index in [9.17, 15) is 0 Å². The van der Waals surface area contributed by atoms with Crippen molar-refractivity contribution >= 4 is 23.3 Å². The number of azo groups is 1. The number of methoxy groups -OCH3 is 1. The predicted molar refractivity (Wildman–Crippen MR) is 77.7 cm³/mol. The van der Waals surface area contributed by atoms with E-state index in [-0.39, 0.29) is 12.1 Å². The summed E-state index contributed by atoms with van der Waals surface area (Å²) in [6.07, 6.45) is 2.00. The Hall–Kier alpha value is -1.62. The summed E-state index contributed by atoms with van der Waals surface area (Å²) in [4.78, 5) is 1.96. The number of nitrogens with one attached hydrogen (secondary N) is 1. The zero-order valence-electron chi connectivity index (χ0n) is 11.3. The molecule has 0 spiro atoms. The maximum absolute atomic E-state index is 7.69. The van der Waals surface area contributed by atoms with E-state index in [1.54, 1.807) is 7.11 Å². The Morgan fingerprint density at radius 3 is 2.85 bits per heavy atom. The van der Waals surface area contributed by atoms with Crippen LogP contribution in [0.15, 0.2) is 28.4 Å². The van der Waals surface area contributed by atoms with Crippen LogP contribution >= 0.6 is 11.6 Å². The summed E-state index contributed by atoms with van der Waals surface area (Å²) in [5.74, 6) is 0.474. The minimum absolute atomic E-state index is 0.140. The number of likely N-dealkylation sites (tertiary alicyclic amines) is 1. The van der Waals surface area contributed by atoms with Crippen LogP contribution in [0.5, 0.6) is 0 Å². The van der Waals surface area contributed by atoms with Crippen molar-refractivity contribution in [2.45, 2.75) is 18.9 Å². The summed E-state index contributed by atoms with van der Waals surface area (Å²) in [5.41, 5.74) is 2.07. The lowest BCUT2D eigenvalue weighted by Crippen LogP contribution is -2.39. The van der Waals surface area contributed by atoms with Crippen molar-refractivity contribution in [3.63, 3.8) is 0 Å². The average Bonchev–Trinajstić information content (AvgIpc) is 2.89. The topological polar surface area (TPSA) is 61.0 Å². The molecule has 20 heavy (non-hydrogen) atoms. The lowest BCUT2D eigenvalue weighted by atomic mass is 9.86. The van der Waals surface area contributed by atoms with Gasteiger partial charge in [-0.1, -0.05) is 17.7 Å². The lowest BCUT2D eigenvalue weighted by Gasteiger charge is -2.34. The molecule has 2 heterocycles. The highest BCUT2D eigenvalue weighted by atomic mass is 35.5. The smallest absolute Gasteiger partial charge is 0.284 e. The number of hydrogen-bond donors (Lipinski definition) is 1. The van der Waals surface area contributed by atoms with E-state index >= 15 is 0 Å². The molecule has 0 amide bonds. The molecule has 1 unspecified atom stereocenters. The van der Waals surface area contributed by atoms with Crippen LogP contribution in [0, 0.1) is 11.3 Å². The fourth-order valence-electron chi connectivity index (χ4n) is 2.94. The molecule has 0 radical (unpaired) electrons. The molecular formula is C14H17ClN4O. The second-order valence-electron chi connectivity index (χ2n) is 5.20. The normalized spacial score (nSPS) is 21.9. The first-order valence-electron chi connectivity index (χ1n) is 6.77. The number of fused-ring (bicyclic) bond motifs is 1. The third kappa shape index (κ3) is 2.38. The largest absolute Gasteiger partial charge is 0.469 e. The van der Waals surface area contributed by atoms with Crippen LogP contribution in [0.25, 0.3) is 0 Å². The molecule has 1 aromatic rings. The molecule has 0 bridgehead atoms. The van der Waals surface area contributed by atoms with Gasteiger partial charge in [-0.25, -0.2) is 0 Å². The van der Waals surface area contributed by atoms with Gasteiger partial charge in [-0.3, -0.25) is 5.41 Å². The zero-order valence-corrected chi connectivity index (χ0v) is 12.1. The molecule has 3 rings (SSSR count). The lowest BCUT2D eigenvalue weighted by molar-refractivity contribution is 0.196. The molecule has 2 aliphatic rings. The molecule has 0 aromatic heterocycles. The van der Waals surface area contributed by atoms with E-state index < -0.39 is 0 Å². The van der Waals surface area contributed by atoms with Gasteiger partial charge in [0.25, 0.3) is 6.02 Å². The Balaban J connectivity index is 1.69. The molecule has 1 saturated heterocycles. The van der Waals surface area contributed by atoms with Crippen LogP contribution in [0.4, 0.5) is 5.69 Å². The van der Waals surface area contributed by atoms with Crippen LogP contribution < -0.4 is 0 Å². The van der Waals surface area contributed by atoms with Gasteiger partial charge in [-0.05, 0) is 30.9 Å². The summed E-state index contributed by atoms with van der Waals surface area (Å²) >= 11 is 5.98. The Bertz CT molecular complexity index is 552. The molecule has 5 nitrogen and oxygen atoms in total. The zero-order chi connectivity index (χ0) is 14.1. The first kappa shape index (κ1) is 13.4. The third-order valence-corrected chi connectivity index (χ3v) is 4.30. The average molecular weight is 293 g/mol. The van der Waals surface area contributed by atoms with E-state index in [1.807, 2.05) is 23.1 Å². The van der Waals surface area contributed by atoms with Crippen molar-refractivity contribution in [2.24, 2.45) is 16.1 Å². The van der Waals surface area contributed by atoms with Gasteiger partial charge in [0.15, 0.2) is 0 Å². The number of halogens is 1. The van der Waals surface area contributed by atoms with E-state index in [0.29, 0.717) is 10.9 Å². The number of hydrogen-bond acceptors (Lipinski definition) is 4. The second-order valence-corrected chi connectivity index (χ2v) is 5.63. The third-order valence-electron chi connectivity index (χ3n) is 4.07. The number of amidine groups is 1. The maximum atomic E-state index is 7.69. The Kier molecular flexibility index (Phi) is 3.61. The molecule has 6 heteroatoms. The number of benzene rings is 1. The Morgan fingerprint density at radius 1 is 1.40 bits per heavy atom. The quantitative estimate of drug-likeness (QED) is 0.632. The van der Waals surface area contributed by atoms with E-state index in [2.05, 4.69) is 10.2 Å². The van der Waals surface area contributed by atoms with Crippen LogP contribution in [0.3, 0.4) is 0 Å². The number of rotatable bonds is 1. The van der Waals surface area contributed by atoms with Crippen molar-refractivity contribution in [2.75, 3.05) is 20.2 Å². The van der Waals surface area contributed by atoms with Gasteiger partial charge in [-0.15, -0.1) is 0 Å². The molecule has 1 atom stereocenters.